The fourth-order valence-electron chi connectivity index (χ4n) is 3.64. The Morgan fingerprint density at radius 1 is 1.00 bits per heavy atom. The van der Waals surface area contributed by atoms with Crippen LogP contribution in [-0.4, -0.2) is 21.5 Å². The smallest absolute Gasteiger partial charge is 0.310 e. The summed E-state index contributed by atoms with van der Waals surface area (Å²) in [5.74, 6) is -5.51. The Morgan fingerprint density at radius 2 is 1.69 bits per heavy atom. The van der Waals surface area contributed by atoms with Crippen molar-refractivity contribution in [1.29, 1.82) is 0 Å². The van der Waals surface area contributed by atoms with E-state index in [1.165, 1.54) is 30.3 Å². The second-order valence-corrected chi connectivity index (χ2v) is 8.60. The van der Waals surface area contributed by atoms with Gasteiger partial charge in [0.05, 0.1) is 16.4 Å². The summed E-state index contributed by atoms with van der Waals surface area (Å²) in [5.41, 5.74) is -2.35. The molecule has 1 heterocycles. The number of carbonyl (C=O) groups is 1. The van der Waals surface area contributed by atoms with Gasteiger partial charge in [0.15, 0.2) is 23.1 Å². The van der Waals surface area contributed by atoms with E-state index in [0.29, 0.717) is 12.1 Å². The van der Waals surface area contributed by atoms with Crippen molar-refractivity contribution in [3.63, 3.8) is 0 Å². The van der Waals surface area contributed by atoms with Crippen LogP contribution in [0.4, 0.5) is 36.4 Å². The number of aliphatic imine (C=N–C) groups is 1. The van der Waals surface area contributed by atoms with Gasteiger partial charge in [0.25, 0.3) is 5.91 Å². The summed E-state index contributed by atoms with van der Waals surface area (Å²) in [6.07, 6.45) is -5.41. The normalized spacial score (nSPS) is 12.1. The molecule has 5 nitrogen and oxygen atoms in total. The van der Waals surface area contributed by atoms with Crippen molar-refractivity contribution in [1.82, 2.24) is 15.1 Å². The second kappa shape index (κ2) is 10.9. The van der Waals surface area contributed by atoms with Gasteiger partial charge in [-0.25, -0.2) is 27.2 Å². The first-order valence-electron chi connectivity index (χ1n) is 11.0. The van der Waals surface area contributed by atoms with E-state index < -0.39 is 47.5 Å². The molecule has 0 saturated carbocycles. The molecule has 0 aliphatic rings. The highest BCUT2D eigenvalue weighted by molar-refractivity contribution is 6.31. The van der Waals surface area contributed by atoms with Gasteiger partial charge < -0.3 is 5.32 Å². The van der Waals surface area contributed by atoms with Gasteiger partial charge in [0.1, 0.15) is 17.3 Å². The number of amidine groups is 1. The zero-order valence-electron chi connectivity index (χ0n) is 19.8. The zero-order valence-corrected chi connectivity index (χ0v) is 20.5. The quantitative estimate of drug-likeness (QED) is 0.158. The van der Waals surface area contributed by atoms with E-state index in [1.807, 2.05) is 0 Å². The van der Waals surface area contributed by atoms with Gasteiger partial charge >= 0.3 is 6.18 Å². The first kappa shape index (κ1) is 27.8. The van der Waals surface area contributed by atoms with Crippen LogP contribution in [0.2, 0.25) is 5.02 Å². The molecule has 0 atom stereocenters. The number of amides is 1. The maximum absolute atomic E-state index is 14.6. The van der Waals surface area contributed by atoms with E-state index in [9.17, 15) is 35.5 Å². The molecule has 4 rings (SSSR count). The van der Waals surface area contributed by atoms with Crippen LogP contribution < -0.4 is 5.32 Å². The van der Waals surface area contributed by atoms with Crippen LogP contribution in [-0.2, 0) is 12.6 Å². The molecular weight excluding hydrogens is 553 g/mol. The van der Waals surface area contributed by atoms with Crippen molar-refractivity contribution in [3.05, 3.63) is 111 Å². The molecule has 3 aromatic carbocycles. The SMILES string of the molecule is Cc1c(C(F)(F)F)nn(-c2ccc(F)cc2)c1CC(=Nc1cccc(Cl)c1F)NC(=O)c1ccc(F)c(F)c1. The Hall–Kier alpha value is -4.19. The van der Waals surface area contributed by atoms with E-state index in [2.05, 4.69) is 15.4 Å². The van der Waals surface area contributed by atoms with Gasteiger partial charge in [0, 0.05) is 17.5 Å². The number of halogens is 8. The monoisotopic (exact) mass is 568 g/mol. The number of aromatic nitrogens is 2. The van der Waals surface area contributed by atoms with E-state index in [1.54, 1.807) is 0 Å². The summed E-state index contributed by atoms with van der Waals surface area (Å²) < 4.78 is 97.3. The maximum Gasteiger partial charge on any atom is 0.435 e. The van der Waals surface area contributed by atoms with Crippen LogP contribution >= 0.6 is 11.6 Å². The molecule has 0 bridgehead atoms. The molecule has 0 aliphatic carbocycles. The molecule has 4 aromatic rings. The molecular formula is C26H16ClF7N4O. The zero-order chi connectivity index (χ0) is 28.5. The van der Waals surface area contributed by atoms with Crippen LogP contribution in [0, 0.1) is 30.2 Å². The molecule has 0 radical (unpaired) electrons. The average molecular weight is 569 g/mol. The van der Waals surface area contributed by atoms with Crippen LogP contribution in [0.5, 0.6) is 0 Å². The molecule has 13 heteroatoms. The topological polar surface area (TPSA) is 59.3 Å². The van der Waals surface area contributed by atoms with E-state index in [0.717, 1.165) is 29.8 Å². The third-order valence-corrected chi connectivity index (χ3v) is 5.84. The maximum atomic E-state index is 14.6. The van der Waals surface area contributed by atoms with Crippen molar-refractivity contribution in [3.8, 4) is 5.69 Å². The van der Waals surface area contributed by atoms with Crippen LogP contribution in [0.3, 0.4) is 0 Å². The Bertz CT molecular complexity index is 1580. The van der Waals surface area contributed by atoms with Crippen molar-refractivity contribution in [2.75, 3.05) is 0 Å². The summed E-state index contributed by atoms with van der Waals surface area (Å²) in [5, 5.41) is 5.65. The molecule has 39 heavy (non-hydrogen) atoms. The molecule has 0 unspecified atom stereocenters. The van der Waals surface area contributed by atoms with Crippen molar-refractivity contribution >= 4 is 29.0 Å². The number of carbonyl (C=O) groups excluding carboxylic acids is 1. The van der Waals surface area contributed by atoms with Crippen molar-refractivity contribution < 1.29 is 35.5 Å². The fraction of sp³-hybridized carbons (Fsp3) is 0.115. The summed E-state index contributed by atoms with van der Waals surface area (Å²) in [6.45, 7) is 1.14. The highest BCUT2D eigenvalue weighted by atomic mass is 35.5. The minimum absolute atomic E-state index is 0.0604. The van der Waals surface area contributed by atoms with Gasteiger partial charge in [-0.2, -0.15) is 18.3 Å². The second-order valence-electron chi connectivity index (χ2n) is 8.20. The minimum Gasteiger partial charge on any atom is -0.310 e. The number of nitrogens with zero attached hydrogens (tertiary/aromatic N) is 3. The van der Waals surface area contributed by atoms with Gasteiger partial charge in [-0.3, -0.25) is 4.79 Å². The van der Waals surface area contributed by atoms with E-state index >= 15 is 0 Å². The third-order valence-electron chi connectivity index (χ3n) is 5.54. The minimum atomic E-state index is -4.87. The predicted octanol–water partition coefficient (Wildman–Crippen LogP) is 7.11. The van der Waals surface area contributed by atoms with Crippen LogP contribution in [0.1, 0.15) is 27.3 Å². The standard InChI is InChI=1S/C26H16ClF7N4O/c1-13-21(38(37-24(13)26(32,33)34)16-8-6-15(28)7-9-16)12-22(35-20-4-2-3-17(27)23(20)31)36-25(39)14-5-10-18(29)19(30)11-14/h2-11H,12H2,1H3,(H,35,36,39). The average Bonchev–Trinajstić information content (AvgIpc) is 3.20. The molecule has 1 aromatic heterocycles. The summed E-state index contributed by atoms with van der Waals surface area (Å²) >= 11 is 5.81. The molecule has 1 amide bonds. The fourth-order valence-corrected chi connectivity index (χ4v) is 3.81. The predicted molar refractivity (Wildman–Crippen MR) is 129 cm³/mol. The third kappa shape index (κ3) is 6.11. The lowest BCUT2D eigenvalue weighted by atomic mass is 10.1. The van der Waals surface area contributed by atoms with Crippen LogP contribution in [0.15, 0.2) is 65.7 Å². The van der Waals surface area contributed by atoms with Gasteiger partial charge in [-0.05, 0) is 61.5 Å². The summed E-state index contributed by atoms with van der Waals surface area (Å²) in [6, 6.07) is 10.5. The van der Waals surface area contributed by atoms with Crippen LogP contribution in [0.25, 0.3) is 5.69 Å². The Morgan fingerprint density at radius 3 is 2.33 bits per heavy atom. The largest absolute Gasteiger partial charge is 0.435 e. The van der Waals surface area contributed by atoms with Crippen molar-refractivity contribution in [2.45, 2.75) is 19.5 Å². The number of hydrogen-bond donors (Lipinski definition) is 1. The number of rotatable bonds is 5. The van der Waals surface area contributed by atoms with Gasteiger partial charge in [0.2, 0.25) is 0 Å². The first-order valence-corrected chi connectivity index (χ1v) is 11.4. The Balaban J connectivity index is 1.84. The van der Waals surface area contributed by atoms with E-state index in [4.69, 9.17) is 11.6 Å². The summed E-state index contributed by atoms with van der Waals surface area (Å²) in [4.78, 5) is 16.9. The number of benzene rings is 3. The Kier molecular flexibility index (Phi) is 7.77. The molecule has 1 N–H and O–H groups in total. The number of hydrogen-bond acceptors (Lipinski definition) is 3. The molecule has 0 spiro atoms. The molecule has 0 fully saturated rings. The summed E-state index contributed by atoms with van der Waals surface area (Å²) in [7, 11) is 0. The highest BCUT2D eigenvalue weighted by Gasteiger charge is 2.38. The number of alkyl halides is 3. The highest BCUT2D eigenvalue weighted by Crippen LogP contribution is 2.34. The first-order chi connectivity index (χ1) is 18.3. The van der Waals surface area contributed by atoms with Gasteiger partial charge in [-0.1, -0.05) is 17.7 Å². The molecule has 0 saturated heterocycles. The Labute approximate surface area is 221 Å². The van der Waals surface area contributed by atoms with E-state index in [-0.39, 0.29) is 39.1 Å². The molecule has 202 valence electrons. The van der Waals surface area contributed by atoms with Crippen molar-refractivity contribution in [2.24, 2.45) is 4.99 Å². The lowest BCUT2D eigenvalue weighted by Crippen LogP contribution is -2.33. The molecule has 0 aliphatic heterocycles. The van der Waals surface area contributed by atoms with Gasteiger partial charge in [-0.15, -0.1) is 0 Å². The number of nitrogens with one attached hydrogen (secondary N) is 1. The lowest BCUT2D eigenvalue weighted by molar-refractivity contribution is -0.141. The lowest BCUT2D eigenvalue weighted by Gasteiger charge is -2.13.